The maximum atomic E-state index is 4.39. The third kappa shape index (κ3) is 1.88. The third-order valence-corrected chi connectivity index (χ3v) is 4.90. The molecule has 3 aromatic rings. The first-order valence-electron chi connectivity index (χ1n) is 6.72. The smallest absolute Gasteiger partial charge is 0.0591 e. The zero-order valence-corrected chi connectivity index (χ0v) is 13.0. The summed E-state index contributed by atoms with van der Waals surface area (Å²) in [5.41, 5.74) is 5.27. The Morgan fingerprint density at radius 2 is 1.95 bits per heavy atom. The van der Waals surface area contributed by atoms with E-state index in [-0.39, 0.29) is 0 Å². The highest BCUT2D eigenvalue weighted by Gasteiger charge is 2.17. The second-order valence-corrected chi connectivity index (χ2v) is 6.25. The zero-order chi connectivity index (χ0) is 13.5. The maximum absolute atomic E-state index is 4.39. The first-order valence-corrected chi connectivity index (χ1v) is 7.69. The van der Waals surface area contributed by atoms with Crippen molar-refractivity contribution in [3.8, 4) is 11.1 Å². The van der Waals surface area contributed by atoms with Gasteiger partial charge in [-0.15, -0.1) is 0 Å². The average molecular weight is 372 g/mol. The van der Waals surface area contributed by atoms with E-state index in [2.05, 4.69) is 73.4 Å². The van der Waals surface area contributed by atoms with E-state index in [0.717, 1.165) is 13.0 Å². The van der Waals surface area contributed by atoms with Crippen LogP contribution in [0.4, 0.5) is 5.69 Å². The van der Waals surface area contributed by atoms with Gasteiger partial charge in [-0.05, 0) is 35.1 Å². The van der Waals surface area contributed by atoms with Crippen LogP contribution in [0, 0.1) is 0 Å². The molecule has 0 amide bonds. The van der Waals surface area contributed by atoms with Crippen LogP contribution in [0.1, 0.15) is 5.56 Å². The summed E-state index contributed by atoms with van der Waals surface area (Å²) in [7, 11) is 0. The molecule has 0 fully saturated rings. The number of anilines is 1. The summed E-state index contributed by atoms with van der Waals surface area (Å²) in [4.78, 5) is 4.39. The summed E-state index contributed by atoms with van der Waals surface area (Å²) in [6, 6.07) is 15.2. The molecule has 2 nitrogen and oxygen atoms in total. The number of aromatic nitrogens is 1. The van der Waals surface area contributed by atoms with E-state index >= 15 is 0 Å². The summed E-state index contributed by atoms with van der Waals surface area (Å²) in [5.74, 6) is 0. The molecule has 2 heterocycles. The third-order valence-electron chi connectivity index (χ3n) is 3.90. The lowest BCUT2D eigenvalue weighted by atomic mass is 9.98. The Kier molecular flexibility index (Phi) is 2.88. The van der Waals surface area contributed by atoms with Crippen molar-refractivity contribution in [2.75, 3.05) is 9.66 Å². The molecule has 3 heteroatoms. The van der Waals surface area contributed by atoms with E-state index in [1.807, 2.05) is 12.4 Å². The Morgan fingerprint density at radius 1 is 1.05 bits per heavy atom. The lowest BCUT2D eigenvalue weighted by Gasteiger charge is -2.11. The largest absolute Gasteiger partial charge is 0.314 e. The molecule has 4 rings (SSSR count). The fourth-order valence-electron chi connectivity index (χ4n) is 2.88. The first kappa shape index (κ1) is 12.1. The number of fused-ring (bicyclic) bond motifs is 2. The minimum absolute atomic E-state index is 1.10. The minimum atomic E-state index is 1.10. The number of pyridine rings is 1. The Labute approximate surface area is 131 Å². The van der Waals surface area contributed by atoms with Crippen LogP contribution in [0.3, 0.4) is 0 Å². The van der Waals surface area contributed by atoms with E-state index in [1.54, 1.807) is 0 Å². The van der Waals surface area contributed by atoms with Crippen LogP contribution in [0.25, 0.3) is 21.9 Å². The standard InChI is InChI=1S/C17H13IN2/c18-20-8-7-13-9-12(5-6-17(13)20)16-11-19-10-14-3-1-2-4-15(14)16/h1-6,9-11H,7-8H2. The van der Waals surface area contributed by atoms with Gasteiger partial charge in [0.05, 0.1) is 22.9 Å². The summed E-state index contributed by atoms with van der Waals surface area (Å²) in [6.45, 7) is 1.10. The average Bonchev–Trinajstić information content (AvgIpc) is 2.87. The molecular formula is C17H13IN2. The lowest BCUT2D eigenvalue weighted by molar-refractivity contribution is 1.07. The van der Waals surface area contributed by atoms with Crippen LogP contribution in [0.2, 0.25) is 0 Å². The van der Waals surface area contributed by atoms with E-state index in [9.17, 15) is 0 Å². The van der Waals surface area contributed by atoms with Gasteiger partial charge >= 0.3 is 0 Å². The highest BCUT2D eigenvalue weighted by Crippen LogP contribution is 2.35. The van der Waals surface area contributed by atoms with Gasteiger partial charge in [0.15, 0.2) is 0 Å². The Morgan fingerprint density at radius 3 is 2.90 bits per heavy atom. The molecule has 2 aromatic carbocycles. The molecule has 1 aliphatic rings. The molecule has 0 atom stereocenters. The SMILES string of the molecule is IN1CCc2cc(-c3cncc4ccccc34)ccc21. The van der Waals surface area contributed by atoms with Gasteiger partial charge in [0.25, 0.3) is 0 Å². The van der Waals surface area contributed by atoms with Gasteiger partial charge < -0.3 is 3.11 Å². The Bertz CT molecular complexity index is 793. The monoisotopic (exact) mass is 372 g/mol. The second-order valence-electron chi connectivity index (χ2n) is 5.09. The Hall–Kier alpha value is -1.62. The van der Waals surface area contributed by atoms with E-state index in [4.69, 9.17) is 0 Å². The molecule has 0 unspecified atom stereocenters. The van der Waals surface area contributed by atoms with Crippen molar-refractivity contribution in [1.82, 2.24) is 4.98 Å². The van der Waals surface area contributed by atoms with Gasteiger partial charge in [0.2, 0.25) is 0 Å². The van der Waals surface area contributed by atoms with Crippen molar-refractivity contribution >= 4 is 39.3 Å². The molecule has 0 N–H and O–H groups in total. The molecule has 0 saturated carbocycles. The Balaban J connectivity index is 1.92. The molecule has 0 aliphatic carbocycles. The van der Waals surface area contributed by atoms with E-state index in [0.29, 0.717) is 0 Å². The summed E-state index contributed by atoms with van der Waals surface area (Å²) < 4.78 is 2.29. The van der Waals surface area contributed by atoms with Crippen LogP contribution in [0.15, 0.2) is 54.9 Å². The van der Waals surface area contributed by atoms with Crippen molar-refractivity contribution in [1.29, 1.82) is 0 Å². The topological polar surface area (TPSA) is 16.1 Å². The molecule has 20 heavy (non-hydrogen) atoms. The van der Waals surface area contributed by atoms with Crippen molar-refractivity contribution in [3.63, 3.8) is 0 Å². The number of rotatable bonds is 1. The molecular weight excluding hydrogens is 359 g/mol. The van der Waals surface area contributed by atoms with Gasteiger partial charge in [-0.1, -0.05) is 30.3 Å². The van der Waals surface area contributed by atoms with E-state index in [1.165, 1.54) is 33.2 Å². The zero-order valence-electron chi connectivity index (χ0n) is 10.9. The first-order chi connectivity index (χ1) is 9.83. The molecule has 1 aliphatic heterocycles. The van der Waals surface area contributed by atoms with Crippen LogP contribution in [-0.2, 0) is 6.42 Å². The van der Waals surface area contributed by atoms with Crippen LogP contribution in [-0.4, -0.2) is 11.5 Å². The summed E-state index contributed by atoms with van der Waals surface area (Å²) >= 11 is 2.39. The molecule has 98 valence electrons. The highest BCUT2D eigenvalue weighted by atomic mass is 127. The second kappa shape index (κ2) is 4.74. The normalized spacial score (nSPS) is 13.8. The van der Waals surface area contributed by atoms with Crippen LogP contribution >= 0.6 is 22.9 Å². The van der Waals surface area contributed by atoms with Crippen molar-refractivity contribution in [3.05, 3.63) is 60.4 Å². The minimum Gasteiger partial charge on any atom is -0.314 e. The van der Waals surface area contributed by atoms with Crippen molar-refractivity contribution in [2.24, 2.45) is 0 Å². The number of benzene rings is 2. The molecule has 0 spiro atoms. The van der Waals surface area contributed by atoms with Crippen LogP contribution in [0.5, 0.6) is 0 Å². The predicted octanol–water partition coefficient (Wildman–Crippen LogP) is 4.61. The molecule has 1 aromatic heterocycles. The van der Waals surface area contributed by atoms with Crippen molar-refractivity contribution < 1.29 is 0 Å². The van der Waals surface area contributed by atoms with Crippen molar-refractivity contribution in [2.45, 2.75) is 6.42 Å². The van der Waals surface area contributed by atoms with Gasteiger partial charge in [0, 0.05) is 35.6 Å². The quantitative estimate of drug-likeness (QED) is 0.458. The molecule has 0 radical (unpaired) electrons. The fourth-order valence-corrected chi connectivity index (χ4v) is 3.59. The predicted molar refractivity (Wildman–Crippen MR) is 92.2 cm³/mol. The van der Waals surface area contributed by atoms with Gasteiger partial charge in [-0.3, -0.25) is 4.98 Å². The lowest BCUT2D eigenvalue weighted by Crippen LogP contribution is -2.02. The number of hydrogen-bond donors (Lipinski definition) is 0. The summed E-state index contributed by atoms with van der Waals surface area (Å²) in [6.07, 6.45) is 5.03. The van der Waals surface area contributed by atoms with E-state index < -0.39 is 0 Å². The van der Waals surface area contributed by atoms with Gasteiger partial charge in [-0.25, -0.2) is 0 Å². The van der Waals surface area contributed by atoms with Crippen LogP contribution < -0.4 is 3.11 Å². The molecule has 0 bridgehead atoms. The highest BCUT2D eigenvalue weighted by molar-refractivity contribution is 14.1. The van der Waals surface area contributed by atoms with Gasteiger partial charge in [-0.2, -0.15) is 0 Å². The number of hydrogen-bond acceptors (Lipinski definition) is 2. The fraction of sp³-hybridized carbons (Fsp3) is 0.118. The number of halogens is 1. The van der Waals surface area contributed by atoms with Gasteiger partial charge in [0.1, 0.15) is 0 Å². The number of nitrogens with zero attached hydrogens (tertiary/aromatic N) is 2. The summed E-state index contributed by atoms with van der Waals surface area (Å²) in [5, 5.41) is 2.47. The molecule has 0 saturated heterocycles. The maximum Gasteiger partial charge on any atom is 0.0591 e.